The van der Waals surface area contributed by atoms with Crippen molar-refractivity contribution >= 4 is 0 Å². The smallest absolute Gasteiger partial charge is 0.123 e. The van der Waals surface area contributed by atoms with Gasteiger partial charge in [-0.05, 0) is 63.4 Å². The van der Waals surface area contributed by atoms with Gasteiger partial charge < -0.3 is 10.2 Å². The zero-order chi connectivity index (χ0) is 14.5. The molecule has 2 nitrogen and oxygen atoms in total. The van der Waals surface area contributed by atoms with E-state index in [-0.39, 0.29) is 5.82 Å². The van der Waals surface area contributed by atoms with E-state index in [1.165, 1.54) is 24.9 Å². The Bertz CT molecular complexity index is 404. The van der Waals surface area contributed by atoms with Gasteiger partial charge in [-0.15, -0.1) is 0 Å². The molecule has 1 heterocycles. The van der Waals surface area contributed by atoms with E-state index in [1.807, 2.05) is 19.2 Å². The number of nitrogens with zero attached hydrogens (tertiary/aromatic N) is 1. The van der Waals surface area contributed by atoms with E-state index < -0.39 is 0 Å². The largest absolute Gasteiger partial charge is 0.313 e. The van der Waals surface area contributed by atoms with Crippen LogP contribution in [0.5, 0.6) is 0 Å². The molecule has 1 saturated heterocycles. The zero-order valence-electron chi connectivity index (χ0n) is 12.9. The molecular weight excluding hydrogens is 251 g/mol. The number of likely N-dealkylation sites (tertiary alicyclic amines) is 1. The maximum absolute atomic E-state index is 13.0. The van der Waals surface area contributed by atoms with Gasteiger partial charge in [-0.2, -0.15) is 0 Å². The van der Waals surface area contributed by atoms with E-state index in [0.717, 1.165) is 18.9 Å². The summed E-state index contributed by atoms with van der Waals surface area (Å²) in [6.07, 6.45) is 3.73. The lowest BCUT2D eigenvalue weighted by molar-refractivity contribution is 0.109. The first kappa shape index (κ1) is 15.5. The number of nitrogens with one attached hydrogen (secondary N) is 1. The zero-order valence-corrected chi connectivity index (χ0v) is 12.9. The van der Waals surface area contributed by atoms with E-state index in [0.29, 0.717) is 12.1 Å². The predicted molar refractivity (Wildman–Crippen MR) is 82.3 cm³/mol. The highest BCUT2D eigenvalue weighted by molar-refractivity contribution is 5.19. The van der Waals surface area contributed by atoms with E-state index in [1.54, 1.807) is 12.1 Å². The van der Waals surface area contributed by atoms with Crippen molar-refractivity contribution < 1.29 is 4.39 Å². The Morgan fingerprint density at radius 3 is 2.65 bits per heavy atom. The molecule has 20 heavy (non-hydrogen) atoms. The fraction of sp³-hybridized carbons (Fsp3) is 0.647. The Morgan fingerprint density at radius 2 is 2.00 bits per heavy atom. The van der Waals surface area contributed by atoms with Crippen molar-refractivity contribution in [2.75, 3.05) is 20.1 Å². The highest BCUT2D eigenvalue weighted by atomic mass is 19.1. The molecule has 2 rings (SSSR count). The summed E-state index contributed by atoms with van der Waals surface area (Å²) < 4.78 is 13.0. The molecule has 112 valence electrons. The summed E-state index contributed by atoms with van der Waals surface area (Å²) in [5.74, 6) is 0.629. The van der Waals surface area contributed by atoms with Crippen LogP contribution in [0.2, 0.25) is 0 Å². The molecule has 1 N–H and O–H groups in total. The molecule has 0 bridgehead atoms. The average Bonchev–Trinajstić information content (AvgIpc) is 2.45. The Labute approximate surface area is 122 Å². The average molecular weight is 278 g/mol. The van der Waals surface area contributed by atoms with Gasteiger partial charge in [0.2, 0.25) is 0 Å². The number of hydrogen-bond acceptors (Lipinski definition) is 2. The van der Waals surface area contributed by atoms with Crippen LogP contribution in [0.15, 0.2) is 24.3 Å². The quantitative estimate of drug-likeness (QED) is 0.885. The molecule has 0 radical (unpaired) electrons. The third kappa shape index (κ3) is 3.80. The molecule has 0 aromatic heterocycles. The Balaban J connectivity index is 1.92. The first-order chi connectivity index (χ1) is 9.61. The Morgan fingerprint density at radius 1 is 1.30 bits per heavy atom. The SMILES string of the molecule is CNC(CCN1CCCC(C)C1C)c1ccc(F)cc1. The van der Waals surface area contributed by atoms with Gasteiger partial charge >= 0.3 is 0 Å². The van der Waals surface area contributed by atoms with Crippen molar-refractivity contribution in [1.29, 1.82) is 0 Å². The number of hydrogen-bond donors (Lipinski definition) is 1. The van der Waals surface area contributed by atoms with Crippen molar-refractivity contribution in [3.63, 3.8) is 0 Å². The van der Waals surface area contributed by atoms with Gasteiger partial charge in [0.25, 0.3) is 0 Å². The van der Waals surface area contributed by atoms with Gasteiger partial charge in [-0.25, -0.2) is 4.39 Å². The summed E-state index contributed by atoms with van der Waals surface area (Å²) in [5, 5.41) is 3.35. The molecule has 3 unspecified atom stereocenters. The van der Waals surface area contributed by atoms with Crippen LogP contribution in [-0.4, -0.2) is 31.1 Å². The minimum Gasteiger partial charge on any atom is -0.313 e. The van der Waals surface area contributed by atoms with Gasteiger partial charge in [-0.3, -0.25) is 0 Å². The van der Waals surface area contributed by atoms with E-state index >= 15 is 0 Å². The first-order valence-electron chi connectivity index (χ1n) is 7.78. The molecule has 1 aliphatic rings. The van der Waals surface area contributed by atoms with Crippen LogP contribution in [0.25, 0.3) is 0 Å². The fourth-order valence-electron chi connectivity index (χ4n) is 3.20. The summed E-state index contributed by atoms with van der Waals surface area (Å²) in [4.78, 5) is 2.60. The monoisotopic (exact) mass is 278 g/mol. The van der Waals surface area contributed by atoms with Crippen LogP contribution < -0.4 is 5.32 Å². The van der Waals surface area contributed by atoms with Gasteiger partial charge in [0.05, 0.1) is 0 Å². The van der Waals surface area contributed by atoms with Crippen LogP contribution in [0.3, 0.4) is 0 Å². The molecule has 0 spiro atoms. The van der Waals surface area contributed by atoms with Crippen molar-refractivity contribution in [2.24, 2.45) is 5.92 Å². The van der Waals surface area contributed by atoms with Gasteiger partial charge in [0.15, 0.2) is 0 Å². The fourth-order valence-corrected chi connectivity index (χ4v) is 3.20. The molecule has 1 aliphatic heterocycles. The third-order valence-electron chi connectivity index (χ3n) is 4.83. The minimum atomic E-state index is -0.165. The highest BCUT2D eigenvalue weighted by Gasteiger charge is 2.24. The van der Waals surface area contributed by atoms with Crippen LogP contribution in [0.4, 0.5) is 4.39 Å². The van der Waals surface area contributed by atoms with E-state index in [9.17, 15) is 4.39 Å². The minimum absolute atomic E-state index is 0.165. The number of halogens is 1. The summed E-state index contributed by atoms with van der Waals surface area (Å²) >= 11 is 0. The summed E-state index contributed by atoms with van der Waals surface area (Å²) in [5.41, 5.74) is 1.17. The lowest BCUT2D eigenvalue weighted by atomic mass is 9.91. The molecule has 3 heteroatoms. The lowest BCUT2D eigenvalue weighted by Crippen LogP contribution is -2.43. The lowest BCUT2D eigenvalue weighted by Gasteiger charge is -2.38. The van der Waals surface area contributed by atoms with Crippen molar-refractivity contribution in [3.8, 4) is 0 Å². The normalized spacial score (nSPS) is 25.6. The van der Waals surface area contributed by atoms with Gasteiger partial charge in [0, 0.05) is 18.6 Å². The van der Waals surface area contributed by atoms with Crippen LogP contribution in [0, 0.1) is 11.7 Å². The number of piperidine rings is 1. The van der Waals surface area contributed by atoms with Crippen LogP contribution in [0.1, 0.15) is 44.7 Å². The summed E-state index contributed by atoms with van der Waals surface area (Å²) in [7, 11) is 1.98. The molecular formula is C17H27FN2. The molecule has 3 atom stereocenters. The molecule has 0 aliphatic carbocycles. The van der Waals surface area contributed by atoms with Crippen LogP contribution in [-0.2, 0) is 0 Å². The molecule has 1 fully saturated rings. The maximum atomic E-state index is 13.0. The first-order valence-corrected chi connectivity index (χ1v) is 7.78. The third-order valence-corrected chi connectivity index (χ3v) is 4.83. The van der Waals surface area contributed by atoms with Crippen LogP contribution >= 0.6 is 0 Å². The second-order valence-electron chi connectivity index (χ2n) is 6.08. The topological polar surface area (TPSA) is 15.3 Å². The maximum Gasteiger partial charge on any atom is 0.123 e. The highest BCUT2D eigenvalue weighted by Crippen LogP contribution is 2.25. The molecule has 0 saturated carbocycles. The standard InChI is InChI=1S/C17H27FN2/c1-13-5-4-11-20(14(13)2)12-10-17(19-3)15-6-8-16(18)9-7-15/h6-9,13-14,17,19H,4-5,10-12H2,1-3H3. The number of rotatable bonds is 5. The van der Waals surface area contributed by atoms with Crippen molar-refractivity contribution in [1.82, 2.24) is 10.2 Å². The Kier molecular flexibility index (Phi) is 5.55. The van der Waals surface area contributed by atoms with Crippen molar-refractivity contribution in [3.05, 3.63) is 35.6 Å². The van der Waals surface area contributed by atoms with E-state index in [4.69, 9.17) is 0 Å². The van der Waals surface area contributed by atoms with E-state index in [2.05, 4.69) is 24.1 Å². The summed E-state index contributed by atoms with van der Waals surface area (Å²) in [6.45, 7) is 7.02. The van der Waals surface area contributed by atoms with Crippen molar-refractivity contribution in [2.45, 2.75) is 45.2 Å². The predicted octanol–water partition coefficient (Wildman–Crippen LogP) is 3.60. The molecule has 1 aromatic rings. The van der Waals surface area contributed by atoms with Gasteiger partial charge in [0.1, 0.15) is 5.82 Å². The van der Waals surface area contributed by atoms with Gasteiger partial charge in [-0.1, -0.05) is 19.1 Å². The molecule has 0 amide bonds. The summed E-state index contributed by atoms with van der Waals surface area (Å²) in [6, 6.07) is 7.85. The Hall–Kier alpha value is -0.930. The second-order valence-corrected chi connectivity index (χ2v) is 6.08. The molecule has 1 aromatic carbocycles. The second kappa shape index (κ2) is 7.19. The number of benzene rings is 1.